The Labute approximate surface area is 317 Å². The molecule has 8 heteroatoms. The molecule has 0 aliphatic carbocycles. The van der Waals surface area contributed by atoms with Gasteiger partial charge in [0.25, 0.3) is 0 Å². The number of carboxylic acid groups (broad SMARTS) is 1. The van der Waals surface area contributed by atoms with Gasteiger partial charge in [-0.1, -0.05) is 133 Å². The smallest absolute Gasteiger partial charge is 0.331 e. The topological polar surface area (TPSA) is 119 Å². The third-order valence-corrected chi connectivity index (χ3v) is 8.81. The van der Waals surface area contributed by atoms with Crippen LogP contribution >= 0.6 is 0 Å². The van der Waals surface area contributed by atoms with E-state index in [9.17, 15) is 19.2 Å². The Hall–Kier alpha value is -3.00. The average molecular weight is 730 g/mol. The molecule has 0 rings (SSSR count). The third-order valence-electron chi connectivity index (χ3n) is 8.81. The number of esters is 1. The van der Waals surface area contributed by atoms with Crippen LogP contribution in [0.25, 0.3) is 0 Å². The number of hydrogen-bond acceptors (Lipinski definition) is 6. The molecule has 298 valence electrons. The molecule has 0 bridgehead atoms. The quantitative estimate of drug-likeness (QED) is 0.0281. The highest BCUT2D eigenvalue weighted by Gasteiger charge is 2.23. The van der Waals surface area contributed by atoms with E-state index in [1.165, 1.54) is 64.2 Å². The summed E-state index contributed by atoms with van der Waals surface area (Å²) in [6, 6.07) is -1.01. The van der Waals surface area contributed by atoms with E-state index in [1.54, 1.807) is 0 Å². The number of carboxylic acids is 1. The molecule has 0 fully saturated rings. The Morgan fingerprint density at radius 3 is 1.54 bits per heavy atom. The predicted octanol–water partition coefficient (Wildman–Crippen LogP) is 10.9. The second-order valence-corrected chi connectivity index (χ2v) is 13.9. The van der Waals surface area contributed by atoms with Crippen molar-refractivity contribution in [1.82, 2.24) is 5.32 Å². The second-order valence-electron chi connectivity index (χ2n) is 13.9. The van der Waals surface area contributed by atoms with Crippen molar-refractivity contribution in [2.45, 2.75) is 180 Å². The summed E-state index contributed by atoms with van der Waals surface area (Å²) in [5.74, 6) is -2.74. The Morgan fingerprint density at radius 2 is 1.06 bits per heavy atom. The van der Waals surface area contributed by atoms with Crippen molar-refractivity contribution < 1.29 is 33.8 Å². The number of carbonyl (C=O) groups excluding carboxylic acids is 3. The van der Waals surface area contributed by atoms with Gasteiger partial charge in [-0.25, -0.2) is 4.79 Å². The molecule has 0 heterocycles. The van der Waals surface area contributed by atoms with Gasteiger partial charge in [-0.2, -0.15) is 0 Å². The SMILES string of the molecule is CCCCC/C=C\C/C=C\CCCCCCCCOC(=O)[C@H](COCC(C=O)CC(=O)O)NC(=O)CCCCCCC/C=C\C/C=C\CCCCC. The fourth-order valence-corrected chi connectivity index (χ4v) is 5.60. The summed E-state index contributed by atoms with van der Waals surface area (Å²) in [4.78, 5) is 47.8. The van der Waals surface area contributed by atoms with E-state index in [1.807, 2.05) is 0 Å². The molecular weight excluding hydrogens is 654 g/mol. The van der Waals surface area contributed by atoms with Crippen LogP contribution in [0.5, 0.6) is 0 Å². The van der Waals surface area contributed by atoms with Crippen LogP contribution in [-0.2, 0) is 28.7 Å². The fraction of sp³-hybridized carbons (Fsp3) is 0.727. The Kier molecular flexibility index (Phi) is 37.0. The fourth-order valence-electron chi connectivity index (χ4n) is 5.60. The van der Waals surface area contributed by atoms with Crippen molar-refractivity contribution in [2.75, 3.05) is 19.8 Å². The zero-order valence-electron chi connectivity index (χ0n) is 33.0. The number of rotatable bonds is 38. The van der Waals surface area contributed by atoms with Gasteiger partial charge in [0, 0.05) is 12.3 Å². The molecule has 0 aromatic rings. The number of ether oxygens (including phenoxy) is 2. The lowest BCUT2D eigenvalue weighted by atomic mass is 10.1. The Morgan fingerprint density at radius 1 is 0.596 bits per heavy atom. The van der Waals surface area contributed by atoms with Crippen molar-refractivity contribution in [3.05, 3.63) is 48.6 Å². The van der Waals surface area contributed by atoms with Gasteiger partial charge in [-0.15, -0.1) is 0 Å². The number of unbranched alkanes of at least 4 members (excludes halogenated alkanes) is 17. The molecule has 0 aliphatic heterocycles. The van der Waals surface area contributed by atoms with Crippen LogP contribution in [0, 0.1) is 5.92 Å². The summed E-state index contributed by atoms with van der Waals surface area (Å²) >= 11 is 0. The first-order chi connectivity index (χ1) is 25.4. The summed E-state index contributed by atoms with van der Waals surface area (Å²) in [5, 5.41) is 11.7. The monoisotopic (exact) mass is 730 g/mol. The number of carbonyl (C=O) groups is 4. The number of amides is 1. The maximum absolute atomic E-state index is 12.9. The lowest BCUT2D eigenvalue weighted by Gasteiger charge is -2.19. The number of allylic oxidation sites excluding steroid dienone is 8. The summed E-state index contributed by atoms with van der Waals surface area (Å²) in [5.41, 5.74) is 0. The van der Waals surface area contributed by atoms with E-state index in [-0.39, 0.29) is 32.1 Å². The normalized spacial score (nSPS) is 13.0. The number of nitrogens with one attached hydrogen (secondary N) is 1. The summed E-state index contributed by atoms with van der Waals surface area (Å²) in [6.45, 7) is 4.39. The first kappa shape index (κ1) is 49.0. The van der Waals surface area contributed by atoms with E-state index in [2.05, 4.69) is 67.8 Å². The van der Waals surface area contributed by atoms with Crippen molar-refractivity contribution >= 4 is 24.1 Å². The van der Waals surface area contributed by atoms with E-state index in [0.29, 0.717) is 12.7 Å². The first-order valence-electron chi connectivity index (χ1n) is 20.7. The van der Waals surface area contributed by atoms with E-state index < -0.39 is 23.9 Å². The minimum atomic E-state index is -1.10. The summed E-state index contributed by atoms with van der Waals surface area (Å²) < 4.78 is 11.0. The number of hydrogen-bond donors (Lipinski definition) is 2. The predicted molar refractivity (Wildman–Crippen MR) is 214 cm³/mol. The van der Waals surface area contributed by atoms with Gasteiger partial charge in [0.1, 0.15) is 6.29 Å². The van der Waals surface area contributed by atoms with Gasteiger partial charge >= 0.3 is 11.9 Å². The van der Waals surface area contributed by atoms with Crippen LogP contribution in [0.2, 0.25) is 0 Å². The van der Waals surface area contributed by atoms with E-state index >= 15 is 0 Å². The number of aliphatic carboxylic acids is 1. The van der Waals surface area contributed by atoms with E-state index in [0.717, 1.165) is 83.5 Å². The molecule has 0 aromatic heterocycles. The molecule has 0 saturated carbocycles. The van der Waals surface area contributed by atoms with E-state index in [4.69, 9.17) is 14.6 Å². The van der Waals surface area contributed by atoms with Gasteiger partial charge in [0.05, 0.1) is 26.2 Å². The van der Waals surface area contributed by atoms with Crippen LogP contribution in [-0.4, -0.2) is 55.1 Å². The molecule has 0 spiro atoms. The molecule has 0 saturated heterocycles. The minimum absolute atomic E-state index is 0.146. The average Bonchev–Trinajstić information content (AvgIpc) is 3.13. The van der Waals surface area contributed by atoms with Crippen LogP contribution in [0.15, 0.2) is 48.6 Å². The van der Waals surface area contributed by atoms with Crippen molar-refractivity contribution in [3.63, 3.8) is 0 Å². The maximum atomic E-state index is 12.9. The molecule has 2 N–H and O–H groups in total. The molecule has 52 heavy (non-hydrogen) atoms. The van der Waals surface area contributed by atoms with Gasteiger partial charge in [-0.3, -0.25) is 9.59 Å². The lowest BCUT2D eigenvalue weighted by Crippen LogP contribution is -2.45. The van der Waals surface area contributed by atoms with Gasteiger partial charge in [0.2, 0.25) is 5.91 Å². The Bertz CT molecular complexity index is 987. The standard InChI is InChI=1S/C44H75NO7/c1-3-5-7-9-11-13-15-17-19-21-23-25-27-29-31-33-35-52-44(50)41(39-51-38-40(37-46)36-43(48)49)45-42(47)34-32-30-28-26-24-22-20-18-16-14-12-10-8-6-4-2/h11-14,17-20,37,40-41H,3-10,15-16,21-36,38-39H2,1-2H3,(H,45,47)(H,48,49)/b13-11-,14-12-,19-17-,20-18-/t40?,41-/m0/s1. The highest BCUT2D eigenvalue weighted by atomic mass is 16.5. The maximum Gasteiger partial charge on any atom is 0.331 e. The van der Waals surface area contributed by atoms with Crippen molar-refractivity contribution in [2.24, 2.45) is 5.92 Å². The van der Waals surface area contributed by atoms with Crippen LogP contribution in [0.1, 0.15) is 174 Å². The minimum Gasteiger partial charge on any atom is -0.481 e. The van der Waals surface area contributed by atoms with Crippen LogP contribution in [0.3, 0.4) is 0 Å². The molecule has 0 radical (unpaired) electrons. The number of aldehydes is 1. The van der Waals surface area contributed by atoms with Crippen LogP contribution < -0.4 is 5.32 Å². The summed E-state index contributed by atoms with van der Waals surface area (Å²) in [7, 11) is 0. The molecular formula is C44H75NO7. The van der Waals surface area contributed by atoms with Gasteiger partial charge < -0.3 is 24.7 Å². The van der Waals surface area contributed by atoms with Crippen molar-refractivity contribution in [1.29, 1.82) is 0 Å². The second kappa shape index (κ2) is 39.2. The molecule has 8 nitrogen and oxygen atoms in total. The Balaban J connectivity index is 4.30. The highest BCUT2D eigenvalue weighted by molar-refractivity contribution is 5.84. The van der Waals surface area contributed by atoms with Crippen molar-refractivity contribution in [3.8, 4) is 0 Å². The molecule has 0 aromatic carbocycles. The van der Waals surface area contributed by atoms with Gasteiger partial charge in [0.15, 0.2) is 6.04 Å². The van der Waals surface area contributed by atoms with Gasteiger partial charge in [-0.05, 0) is 77.0 Å². The summed E-state index contributed by atoms with van der Waals surface area (Å²) in [6.07, 6.45) is 44.1. The molecule has 1 amide bonds. The zero-order valence-corrected chi connectivity index (χ0v) is 33.0. The lowest BCUT2D eigenvalue weighted by molar-refractivity contribution is -0.150. The zero-order chi connectivity index (χ0) is 38.2. The molecule has 1 unspecified atom stereocenters. The molecule has 2 atom stereocenters. The molecule has 0 aliphatic rings. The largest absolute Gasteiger partial charge is 0.481 e. The van der Waals surface area contributed by atoms with Crippen LogP contribution in [0.4, 0.5) is 0 Å². The first-order valence-corrected chi connectivity index (χ1v) is 20.7. The highest BCUT2D eigenvalue weighted by Crippen LogP contribution is 2.11. The third kappa shape index (κ3) is 35.4.